The summed E-state index contributed by atoms with van der Waals surface area (Å²) in [5, 5.41) is 12.9. The molecule has 0 radical (unpaired) electrons. The van der Waals surface area contributed by atoms with Gasteiger partial charge in [0.15, 0.2) is 16.6 Å². The summed E-state index contributed by atoms with van der Waals surface area (Å²) in [6, 6.07) is 7.81. The Morgan fingerprint density at radius 2 is 2.21 bits per heavy atom. The molecule has 24 heavy (non-hydrogen) atoms. The van der Waals surface area contributed by atoms with Crippen molar-refractivity contribution in [3.63, 3.8) is 0 Å². The molecule has 6 nitrogen and oxygen atoms in total. The average Bonchev–Trinajstić information content (AvgIpc) is 2.94. The number of H-pyrrole nitrogens is 1. The van der Waals surface area contributed by atoms with Crippen LogP contribution in [0.4, 0.5) is 5.82 Å². The lowest BCUT2D eigenvalue weighted by molar-refractivity contribution is 0.281. The third-order valence-corrected chi connectivity index (χ3v) is 5.78. The van der Waals surface area contributed by atoms with Gasteiger partial charge in [-0.05, 0) is 18.6 Å². The molecule has 0 amide bonds. The summed E-state index contributed by atoms with van der Waals surface area (Å²) in [7, 11) is 0. The van der Waals surface area contributed by atoms with Crippen LogP contribution < -0.4 is 10.2 Å². The molecule has 0 saturated heterocycles. The van der Waals surface area contributed by atoms with Crippen molar-refractivity contribution >= 4 is 55.2 Å². The first-order valence-electron chi connectivity index (χ1n) is 7.21. The third kappa shape index (κ3) is 3.97. The monoisotopic (exact) mass is 426 g/mol. The van der Waals surface area contributed by atoms with E-state index in [1.54, 1.807) is 0 Å². The maximum atomic E-state index is 11.6. The van der Waals surface area contributed by atoms with Crippen LogP contribution in [0.1, 0.15) is 12.5 Å². The van der Waals surface area contributed by atoms with E-state index in [0.717, 1.165) is 21.4 Å². The van der Waals surface area contributed by atoms with Crippen LogP contribution >= 0.6 is 39.0 Å². The van der Waals surface area contributed by atoms with Crippen molar-refractivity contribution in [3.8, 4) is 0 Å². The maximum Gasteiger partial charge on any atom is 0.306 e. The molecule has 3 rings (SSSR count). The topological polar surface area (TPSA) is 90.9 Å². The average molecular weight is 427 g/mol. The third-order valence-electron chi connectivity index (χ3n) is 3.23. The van der Waals surface area contributed by atoms with Gasteiger partial charge in [-0.3, -0.25) is 9.78 Å². The number of halogens is 1. The number of nitrogens with one attached hydrogen (secondary N) is 2. The molecule has 9 heteroatoms. The summed E-state index contributed by atoms with van der Waals surface area (Å²) < 4.78 is 1.71. The zero-order chi connectivity index (χ0) is 17.1. The van der Waals surface area contributed by atoms with E-state index < -0.39 is 0 Å². The highest BCUT2D eigenvalue weighted by Gasteiger charge is 2.14. The molecular formula is C15H15BrN4O2S2. The van der Waals surface area contributed by atoms with E-state index in [1.165, 1.54) is 11.8 Å². The predicted molar refractivity (Wildman–Crippen MR) is 102 cm³/mol. The lowest BCUT2D eigenvalue weighted by Crippen LogP contribution is -2.20. The molecule has 2 aromatic heterocycles. The quantitative estimate of drug-likeness (QED) is 0.413. The van der Waals surface area contributed by atoms with E-state index in [4.69, 9.17) is 0 Å². The largest absolute Gasteiger partial charge is 0.394 e. The molecule has 0 saturated carbocycles. The van der Waals surface area contributed by atoms with E-state index in [1.807, 2.05) is 31.2 Å². The minimum absolute atomic E-state index is 0.0236. The SMILES string of the molecule is C[C@H](CO)Nc1nc(SCc2ccccc2Br)nc2[nH]c(=O)sc12. The Morgan fingerprint density at radius 1 is 1.42 bits per heavy atom. The number of fused-ring (bicyclic) bond motifs is 1. The molecule has 0 fully saturated rings. The molecular weight excluding hydrogens is 412 g/mol. The van der Waals surface area contributed by atoms with Gasteiger partial charge in [-0.15, -0.1) is 0 Å². The molecule has 0 aliphatic heterocycles. The van der Waals surface area contributed by atoms with E-state index >= 15 is 0 Å². The smallest absolute Gasteiger partial charge is 0.306 e. The number of aromatic amines is 1. The Hall–Kier alpha value is -1.42. The first kappa shape index (κ1) is 17.4. The number of aliphatic hydroxyl groups is 1. The number of aliphatic hydroxyl groups excluding tert-OH is 1. The lowest BCUT2D eigenvalue weighted by Gasteiger charge is -2.12. The van der Waals surface area contributed by atoms with Gasteiger partial charge in [0.05, 0.1) is 6.61 Å². The fourth-order valence-corrected chi connectivity index (χ4v) is 4.21. The van der Waals surface area contributed by atoms with Gasteiger partial charge in [-0.1, -0.05) is 57.2 Å². The summed E-state index contributed by atoms with van der Waals surface area (Å²) >= 11 is 6.08. The second-order valence-corrected chi connectivity index (χ2v) is 7.94. The molecule has 126 valence electrons. The van der Waals surface area contributed by atoms with Gasteiger partial charge in [0, 0.05) is 16.3 Å². The summed E-state index contributed by atoms with van der Waals surface area (Å²) in [5.74, 6) is 1.27. The van der Waals surface area contributed by atoms with Gasteiger partial charge in [0.2, 0.25) is 0 Å². The molecule has 1 atom stereocenters. The molecule has 2 heterocycles. The number of benzene rings is 1. The molecule has 0 unspecified atom stereocenters. The van der Waals surface area contributed by atoms with Crippen LogP contribution in [0.15, 0.2) is 38.7 Å². The van der Waals surface area contributed by atoms with Crippen molar-refractivity contribution in [1.29, 1.82) is 0 Å². The molecule has 1 aromatic carbocycles. The van der Waals surface area contributed by atoms with Gasteiger partial charge < -0.3 is 10.4 Å². The minimum Gasteiger partial charge on any atom is -0.394 e. The Balaban J connectivity index is 1.90. The normalized spacial score (nSPS) is 12.5. The fraction of sp³-hybridized carbons (Fsp3) is 0.267. The summed E-state index contributed by atoms with van der Waals surface area (Å²) in [5.41, 5.74) is 1.66. The van der Waals surface area contributed by atoms with Crippen LogP contribution in [-0.4, -0.2) is 32.7 Å². The number of thiazole rings is 1. The zero-order valence-corrected chi connectivity index (χ0v) is 16.0. The van der Waals surface area contributed by atoms with Crippen LogP contribution in [0, 0.1) is 0 Å². The van der Waals surface area contributed by atoms with E-state index in [9.17, 15) is 9.90 Å². The van der Waals surface area contributed by atoms with Crippen LogP contribution in [0.3, 0.4) is 0 Å². The van der Waals surface area contributed by atoms with Crippen LogP contribution in [0.25, 0.3) is 10.3 Å². The number of thioether (sulfide) groups is 1. The highest BCUT2D eigenvalue weighted by Crippen LogP contribution is 2.29. The number of aromatic nitrogens is 3. The summed E-state index contributed by atoms with van der Waals surface area (Å²) in [6.45, 7) is 1.82. The van der Waals surface area contributed by atoms with E-state index in [2.05, 4.69) is 36.2 Å². The van der Waals surface area contributed by atoms with E-state index in [-0.39, 0.29) is 17.5 Å². The highest BCUT2D eigenvalue weighted by atomic mass is 79.9. The number of rotatable bonds is 6. The van der Waals surface area contributed by atoms with Gasteiger partial charge in [0.1, 0.15) is 4.70 Å². The number of hydrogen-bond donors (Lipinski definition) is 3. The first-order chi connectivity index (χ1) is 11.6. The summed E-state index contributed by atoms with van der Waals surface area (Å²) in [4.78, 5) is 23.1. The van der Waals surface area contributed by atoms with Crippen molar-refractivity contribution in [3.05, 3.63) is 44.0 Å². The second-order valence-electron chi connectivity index (χ2n) is 5.16. The van der Waals surface area contributed by atoms with Gasteiger partial charge in [-0.2, -0.15) is 0 Å². The highest BCUT2D eigenvalue weighted by molar-refractivity contribution is 9.10. The van der Waals surface area contributed by atoms with Crippen molar-refractivity contribution in [1.82, 2.24) is 15.0 Å². The number of hydrogen-bond acceptors (Lipinski definition) is 7. The zero-order valence-electron chi connectivity index (χ0n) is 12.7. The van der Waals surface area contributed by atoms with Crippen LogP contribution in [0.5, 0.6) is 0 Å². The van der Waals surface area contributed by atoms with Crippen molar-refractivity contribution in [2.45, 2.75) is 23.9 Å². The molecule has 3 aromatic rings. The number of nitrogens with zero attached hydrogens (tertiary/aromatic N) is 2. The van der Waals surface area contributed by atoms with Gasteiger partial charge >= 0.3 is 4.87 Å². The molecule has 0 aliphatic rings. The molecule has 0 aliphatic carbocycles. The van der Waals surface area contributed by atoms with E-state index in [0.29, 0.717) is 27.1 Å². The molecule has 0 spiro atoms. The van der Waals surface area contributed by atoms with Gasteiger partial charge in [0.25, 0.3) is 0 Å². The fourth-order valence-electron chi connectivity index (χ4n) is 2.03. The van der Waals surface area contributed by atoms with Crippen LogP contribution in [-0.2, 0) is 5.75 Å². The predicted octanol–water partition coefficient (Wildman–Crippen LogP) is 3.23. The molecule has 3 N–H and O–H groups in total. The summed E-state index contributed by atoms with van der Waals surface area (Å²) in [6.07, 6.45) is 0. The van der Waals surface area contributed by atoms with Crippen molar-refractivity contribution < 1.29 is 5.11 Å². The Labute approximate surface area is 154 Å². The van der Waals surface area contributed by atoms with Crippen molar-refractivity contribution in [2.75, 3.05) is 11.9 Å². The Bertz CT molecular complexity index is 912. The lowest BCUT2D eigenvalue weighted by atomic mass is 10.2. The maximum absolute atomic E-state index is 11.6. The Kier molecular flexibility index (Phi) is 5.54. The molecule has 0 bridgehead atoms. The second kappa shape index (κ2) is 7.64. The van der Waals surface area contributed by atoms with Gasteiger partial charge in [-0.25, -0.2) is 9.97 Å². The standard InChI is InChI=1S/C15H15BrN4O2S2/c1-8(6-21)17-12-11-13(20-15(22)24-11)19-14(18-12)23-7-9-4-2-3-5-10(9)16/h2-5,8,21H,6-7H2,1H3,(H2,17,18,19,20,22)/t8-/m1/s1. The van der Waals surface area contributed by atoms with Crippen molar-refractivity contribution in [2.24, 2.45) is 0 Å². The van der Waals surface area contributed by atoms with Crippen LogP contribution in [0.2, 0.25) is 0 Å². The first-order valence-corrected chi connectivity index (χ1v) is 9.81. The minimum atomic E-state index is -0.174. The number of anilines is 1. The Morgan fingerprint density at radius 3 is 2.96 bits per heavy atom.